The molecule has 0 bridgehead atoms. The Kier molecular flexibility index (Phi) is 4.16. The van der Waals surface area contributed by atoms with Crippen molar-refractivity contribution in [1.29, 1.82) is 0 Å². The van der Waals surface area contributed by atoms with Crippen LogP contribution in [-0.4, -0.2) is 26.9 Å². The number of hydrogen-bond acceptors (Lipinski definition) is 8. The predicted molar refractivity (Wildman–Crippen MR) is 82.9 cm³/mol. The number of nitro groups is 1. The van der Waals surface area contributed by atoms with Crippen molar-refractivity contribution in [2.24, 2.45) is 0 Å². The number of anilines is 1. The van der Waals surface area contributed by atoms with Crippen LogP contribution in [0.4, 0.5) is 20.3 Å². The standard InChI is InChI=1S/C13H9F2N5O3S/c1-16-10-9(11(14)15)8(4-17-12(10)20(21)22)23-6-2-7-13(18-3-6)24-5-19-7/h2-5,11,16H,1H3. The number of alkyl halides is 2. The normalized spacial score (nSPS) is 11.0. The summed E-state index contributed by atoms with van der Waals surface area (Å²) in [6, 6.07) is 1.54. The van der Waals surface area contributed by atoms with Gasteiger partial charge in [0.1, 0.15) is 21.8 Å². The van der Waals surface area contributed by atoms with Crippen LogP contribution in [0.5, 0.6) is 11.5 Å². The summed E-state index contributed by atoms with van der Waals surface area (Å²) in [5.74, 6) is -0.822. The third-order valence-corrected chi connectivity index (χ3v) is 3.84. The zero-order chi connectivity index (χ0) is 17.3. The maximum atomic E-state index is 13.4. The second kappa shape index (κ2) is 6.28. The number of nitrogens with zero attached hydrogens (tertiary/aromatic N) is 4. The molecule has 0 aromatic carbocycles. The summed E-state index contributed by atoms with van der Waals surface area (Å²) in [7, 11) is 1.29. The molecule has 0 aliphatic carbocycles. The molecule has 3 heterocycles. The zero-order valence-electron chi connectivity index (χ0n) is 12.1. The highest BCUT2D eigenvalue weighted by Gasteiger charge is 2.29. The second-order valence-electron chi connectivity index (χ2n) is 4.49. The number of hydrogen-bond donors (Lipinski definition) is 1. The summed E-state index contributed by atoms with van der Waals surface area (Å²) in [5.41, 5.74) is 1.12. The van der Waals surface area contributed by atoms with E-state index in [0.29, 0.717) is 10.3 Å². The molecule has 8 nitrogen and oxygen atoms in total. The number of aromatic nitrogens is 3. The van der Waals surface area contributed by atoms with Gasteiger partial charge in [0.15, 0.2) is 11.9 Å². The van der Waals surface area contributed by atoms with Gasteiger partial charge in [-0.3, -0.25) is 0 Å². The fourth-order valence-electron chi connectivity index (χ4n) is 2.10. The molecule has 124 valence electrons. The Labute approximate surface area is 137 Å². The molecule has 3 aromatic rings. The van der Waals surface area contributed by atoms with Crippen molar-refractivity contribution in [1.82, 2.24) is 15.0 Å². The second-order valence-corrected chi connectivity index (χ2v) is 5.33. The van der Waals surface area contributed by atoms with Crippen LogP contribution >= 0.6 is 11.3 Å². The van der Waals surface area contributed by atoms with Crippen molar-refractivity contribution >= 4 is 33.2 Å². The first-order valence-electron chi connectivity index (χ1n) is 6.51. The molecule has 0 saturated carbocycles. The van der Waals surface area contributed by atoms with Crippen molar-refractivity contribution < 1.29 is 18.4 Å². The highest BCUT2D eigenvalue weighted by molar-refractivity contribution is 7.16. The third kappa shape index (κ3) is 2.80. The van der Waals surface area contributed by atoms with Gasteiger partial charge in [0.25, 0.3) is 6.43 Å². The van der Waals surface area contributed by atoms with Crippen LogP contribution in [0.2, 0.25) is 0 Å². The Morgan fingerprint density at radius 2 is 2.12 bits per heavy atom. The topological polar surface area (TPSA) is 103 Å². The Morgan fingerprint density at radius 3 is 2.79 bits per heavy atom. The minimum atomic E-state index is -3.00. The van der Waals surface area contributed by atoms with E-state index in [1.807, 2.05) is 0 Å². The average Bonchev–Trinajstić information content (AvgIpc) is 3.01. The monoisotopic (exact) mass is 353 g/mol. The van der Waals surface area contributed by atoms with Gasteiger partial charge in [-0.25, -0.2) is 18.7 Å². The van der Waals surface area contributed by atoms with Crippen LogP contribution in [0, 0.1) is 10.1 Å². The lowest BCUT2D eigenvalue weighted by Crippen LogP contribution is -2.05. The summed E-state index contributed by atoms with van der Waals surface area (Å²) in [4.78, 5) is 22.5. The number of nitrogens with one attached hydrogen (secondary N) is 1. The average molecular weight is 353 g/mol. The first-order chi connectivity index (χ1) is 11.5. The molecule has 3 rings (SSSR count). The summed E-state index contributed by atoms with van der Waals surface area (Å²) in [5, 5.41) is 13.3. The zero-order valence-corrected chi connectivity index (χ0v) is 12.9. The van der Waals surface area contributed by atoms with E-state index in [1.54, 1.807) is 5.51 Å². The lowest BCUT2D eigenvalue weighted by atomic mass is 10.2. The Balaban J connectivity index is 2.07. The smallest absolute Gasteiger partial charge is 0.387 e. The molecule has 0 unspecified atom stereocenters. The Bertz CT molecular complexity index is 918. The number of halogens is 2. The highest BCUT2D eigenvalue weighted by atomic mass is 32.1. The van der Waals surface area contributed by atoms with Crippen molar-refractivity contribution in [3.8, 4) is 11.5 Å². The molecule has 3 aromatic heterocycles. The SMILES string of the molecule is CNc1c([N+](=O)[O-])ncc(Oc2cnc3scnc3c2)c1C(F)F. The van der Waals surface area contributed by atoms with Gasteiger partial charge >= 0.3 is 5.82 Å². The molecule has 0 fully saturated rings. The van der Waals surface area contributed by atoms with Gasteiger partial charge < -0.3 is 20.2 Å². The molecule has 0 amide bonds. The van der Waals surface area contributed by atoms with E-state index >= 15 is 0 Å². The molecule has 1 N–H and O–H groups in total. The van der Waals surface area contributed by atoms with Crippen molar-refractivity contribution in [3.05, 3.63) is 39.6 Å². The summed E-state index contributed by atoms with van der Waals surface area (Å²) >= 11 is 1.33. The first kappa shape index (κ1) is 15.9. The number of pyridine rings is 2. The van der Waals surface area contributed by atoms with Gasteiger partial charge in [-0.2, -0.15) is 0 Å². The van der Waals surface area contributed by atoms with E-state index in [0.717, 1.165) is 6.20 Å². The van der Waals surface area contributed by atoms with Crippen LogP contribution in [0.1, 0.15) is 12.0 Å². The highest BCUT2D eigenvalue weighted by Crippen LogP contribution is 2.41. The minimum Gasteiger partial charge on any atom is -0.451 e. The Morgan fingerprint density at radius 1 is 1.33 bits per heavy atom. The fourth-order valence-corrected chi connectivity index (χ4v) is 2.71. The largest absolute Gasteiger partial charge is 0.451 e. The first-order valence-corrected chi connectivity index (χ1v) is 7.39. The molecular weight excluding hydrogens is 344 g/mol. The van der Waals surface area contributed by atoms with Crippen LogP contribution in [0.3, 0.4) is 0 Å². The molecule has 11 heteroatoms. The van der Waals surface area contributed by atoms with Gasteiger partial charge in [-0.15, -0.1) is 11.3 Å². The third-order valence-electron chi connectivity index (χ3n) is 3.09. The van der Waals surface area contributed by atoms with Crippen LogP contribution in [-0.2, 0) is 0 Å². The van der Waals surface area contributed by atoms with E-state index in [2.05, 4.69) is 20.3 Å². The summed E-state index contributed by atoms with van der Waals surface area (Å²) in [6.07, 6.45) is -0.748. The summed E-state index contributed by atoms with van der Waals surface area (Å²) < 4.78 is 32.3. The number of thiazole rings is 1. The van der Waals surface area contributed by atoms with Gasteiger partial charge in [0, 0.05) is 13.1 Å². The number of fused-ring (bicyclic) bond motifs is 1. The number of rotatable bonds is 5. The van der Waals surface area contributed by atoms with E-state index in [9.17, 15) is 18.9 Å². The molecule has 0 atom stereocenters. The fraction of sp³-hybridized carbons (Fsp3) is 0.154. The van der Waals surface area contributed by atoms with Gasteiger partial charge in [0.2, 0.25) is 0 Å². The molecule has 0 radical (unpaired) electrons. The predicted octanol–water partition coefficient (Wildman–Crippen LogP) is 3.77. The van der Waals surface area contributed by atoms with E-state index in [1.165, 1.54) is 30.6 Å². The van der Waals surface area contributed by atoms with Crippen molar-refractivity contribution in [2.75, 3.05) is 12.4 Å². The van der Waals surface area contributed by atoms with Crippen LogP contribution < -0.4 is 10.1 Å². The molecule has 24 heavy (non-hydrogen) atoms. The maximum absolute atomic E-state index is 13.4. The van der Waals surface area contributed by atoms with Gasteiger partial charge in [-0.1, -0.05) is 0 Å². The molecular formula is C13H9F2N5O3S. The maximum Gasteiger partial charge on any atom is 0.387 e. The summed E-state index contributed by atoms with van der Waals surface area (Å²) in [6.45, 7) is 0. The van der Waals surface area contributed by atoms with Crippen LogP contribution in [0.25, 0.3) is 10.3 Å². The van der Waals surface area contributed by atoms with Crippen LogP contribution in [0.15, 0.2) is 24.0 Å². The minimum absolute atomic E-state index is 0.174. The quantitative estimate of drug-likeness (QED) is 0.550. The lowest BCUT2D eigenvalue weighted by molar-refractivity contribution is -0.388. The Hall–Kier alpha value is -2.95. The molecule has 0 spiro atoms. The van der Waals surface area contributed by atoms with Gasteiger partial charge in [-0.05, 0) is 9.91 Å². The molecule has 0 aliphatic rings. The van der Waals surface area contributed by atoms with E-state index in [-0.39, 0.29) is 11.5 Å². The molecule has 0 aliphatic heterocycles. The number of ether oxygens (including phenoxy) is 1. The van der Waals surface area contributed by atoms with Crippen molar-refractivity contribution in [2.45, 2.75) is 6.43 Å². The van der Waals surface area contributed by atoms with Crippen molar-refractivity contribution in [3.63, 3.8) is 0 Å². The molecule has 0 saturated heterocycles. The van der Waals surface area contributed by atoms with Gasteiger partial charge in [0.05, 0.1) is 17.3 Å². The lowest BCUT2D eigenvalue weighted by Gasteiger charge is -2.13. The van der Waals surface area contributed by atoms with E-state index in [4.69, 9.17) is 4.74 Å². The van der Waals surface area contributed by atoms with E-state index < -0.39 is 28.4 Å².